The van der Waals surface area contributed by atoms with Crippen LogP contribution in [-0.2, 0) is 20.4 Å². The number of aliphatic hydroxyl groups is 1. The molecule has 0 bridgehead atoms. The minimum atomic E-state index is -3.43. The lowest BCUT2D eigenvalue weighted by atomic mass is 10.1. The van der Waals surface area contributed by atoms with E-state index >= 15 is 0 Å². The Kier molecular flexibility index (Phi) is 4.81. The summed E-state index contributed by atoms with van der Waals surface area (Å²) in [5.41, 5.74) is 1.64. The molecule has 1 aromatic heterocycles. The van der Waals surface area contributed by atoms with Crippen molar-refractivity contribution in [3.05, 3.63) is 42.2 Å². The Labute approximate surface area is 168 Å². The Bertz CT molecular complexity index is 893. The van der Waals surface area contributed by atoms with E-state index in [4.69, 9.17) is 26.1 Å². The van der Waals surface area contributed by atoms with Crippen molar-refractivity contribution in [1.82, 2.24) is 9.97 Å². The molecular weight excluding hydrogens is 398 g/mol. The molecule has 2 aromatic rings. The van der Waals surface area contributed by atoms with Gasteiger partial charge in [-0.25, -0.2) is 9.88 Å². The van der Waals surface area contributed by atoms with Gasteiger partial charge in [-0.2, -0.15) is 14.0 Å². The zero-order valence-electron chi connectivity index (χ0n) is 15.3. The van der Waals surface area contributed by atoms with Gasteiger partial charge < -0.3 is 24.8 Å². The molecule has 0 amide bonds. The number of aromatic nitrogens is 2. The fourth-order valence-electron chi connectivity index (χ4n) is 3.64. The van der Waals surface area contributed by atoms with Crippen molar-refractivity contribution in [2.24, 2.45) is 0 Å². The average molecular weight is 417 g/mol. The molecule has 3 aliphatic rings. The van der Waals surface area contributed by atoms with Crippen LogP contribution in [0.15, 0.2) is 36.7 Å². The fraction of sp³-hybridized carbons (Fsp3) is 0.412. The SMILES string of the molecule is [B][P+]1(O)OCC2OC(N3CNc4c(OCc5ccccc5)ncnc43)C(O)[C@@H]2O1. The summed E-state index contributed by atoms with van der Waals surface area (Å²) in [6.07, 6.45) is -1.72. The number of aliphatic hydroxyl groups excluding tert-OH is 1. The highest BCUT2D eigenvalue weighted by molar-refractivity contribution is 7.85. The monoisotopic (exact) mass is 417 g/mol. The summed E-state index contributed by atoms with van der Waals surface area (Å²) in [5.74, 6) is 0.956. The predicted molar refractivity (Wildman–Crippen MR) is 104 cm³/mol. The lowest BCUT2D eigenvalue weighted by Crippen LogP contribution is -2.45. The maximum atomic E-state index is 10.7. The summed E-state index contributed by atoms with van der Waals surface area (Å²) < 4.78 is 22.2. The van der Waals surface area contributed by atoms with Crippen molar-refractivity contribution >= 4 is 26.9 Å². The van der Waals surface area contributed by atoms with Gasteiger partial charge in [-0.15, -0.1) is 0 Å². The number of fused-ring (bicyclic) bond motifs is 2. The van der Waals surface area contributed by atoms with Gasteiger partial charge in [0, 0.05) is 0 Å². The standard InChI is InChI=1S/C17H19BN4O6P/c18-29(24)26-7-11-14(28-29)13(23)17(27-11)22-9-21-12-15(22)19-8-20-16(12)25-6-10-4-2-1-3-5-10/h1-5,8,11,13-14,17,21,23-24H,6-7,9H2/q+1/t11?,13?,14-,17?,29?/m1/s1. The third kappa shape index (κ3) is 3.54. The van der Waals surface area contributed by atoms with Gasteiger partial charge in [0.05, 0.1) is 6.67 Å². The van der Waals surface area contributed by atoms with Crippen LogP contribution < -0.4 is 15.0 Å². The van der Waals surface area contributed by atoms with Crippen molar-refractivity contribution in [1.29, 1.82) is 0 Å². The van der Waals surface area contributed by atoms with E-state index in [-0.39, 0.29) is 6.61 Å². The number of hydrogen-bond donors (Lipinski definition) is 3. The normalized spacial score (nSPS) is 33.1. The molecule has 4 heterocycles. The third-order valence-electron chi connectivity index (χ3n) is 5.02. The van der Waals surface area contributed by atoms with Crippen LogP contribution in [0.5, 0.6) is 5.88 Å². The number of anilines is 2. The topological polar surface area (TPSA) is 118 Å². The van der Waals surface area contributed by atoms with Crippen LogP contribution in [0.3, 0.4) is 0 Å². The zero-order valence-corrected chi connectivity index (χ0v) is 16.2. The molecule has 0 spiro atoms. The van der Waals surface area contributed by atoms with Crippen LogP contribution in [0.2, 0.25) is 0 Å². The lowest BCUT2D eigenvalue weighted by Gasteiger charge is -2.28. The van der Waals surface area contributed by atoms with E-state index in [1.165, 1.54) is 6.33 Å². The molecule has 3 N–H and O–H groups in total. The van der Waals surface area contributed by atoms with E-state index in [0.29, 0.717) is 30.7 Å². The molecule has 150 valence electrons. The third-order valence-corrected chi connectivity index (χ3v) is 6.09. The van der Waals surface area contributed by atoms with Crippen molar-refractivity contribution < 1.29 is 28.5 Å². The fourth-order valence-corrected chi connectivity index (χ4v) is 4.68. The van der Waals surface area contributed by atoms with Crippen LogP contribution >= 0.6 is 7.82 Å². The van der Waals surface area contributed by atoms with E-state index in [1.807, 2.05) is 30.3 Å². The Morgan fingerprint density at radius 1 is 1.31 bits per heavy atom. The second kappa shape index (κ2) is 7.35. The van der Waals surface area contributed by atoms with Gasteiger partial charge in [0.25, 0.3) is 0 Å². The molecule has 4 unspecified atom stereocenters. The summed E-state index contributed by atoms with van der Waals surface area (Å²) in [4.78, 5) is 20.2. The molecule has 1 aromatic carbocycles. The molecule has 2 fully saturated rings. The van der Waals surface area contributed by atoms with Crippen molar-refractivity contribution in [2.75, 3.05) is 23.5 Å². The van der Waals surface area contributed by atoms with Crippen molar-refractivity contribution in [3.63, 3.8) is 0 Å². The minimum absolute atomic E-state index is 0.0440. The number of hydrogen-bond acceptors (Lipinski definition) is 10. The smallest absolute Gasteiger partial charge is 0.471 e. The molecule has 2 saturated heterocycles. The van der Waals surface area contributed by atoms with Crippen molar-refractivity contribution in [3.8, 4) is 5.88 Å². The first-order valence-electron chi connectivity index (χ1n) is 9.11. The molecule has 12 heteroatoms. The summed E-state index contributed by atoms with van der Waals surface area (Å²) in [7, 11) is 2.13. The average Bonchev–Trinajstić information content (AvgIpc) is 3.28. The maximum Gasteiger partial charge on any atom is 0.488 e. The second-order valence-electron chi connectivity index (χ2n) is 6.94. The quantitative estimate of drug-likeness (QED) is 0.482. The molecule has 29 heavy (non-hydrogen) atoms. The number of rotatable bonds is 4. The van der Waals surface area contributed by atoms with Crippen LogP contribution in [0.4, 0.5) is 11.5 Å². The van der Waals surface area contributed by atoms with E-state index < -0.39 is 32.4 Å². The van der Waals surface area contributed by atoms with E-state index in [9.17, 15) is 10.00 Å². The first kappa shape index (κ1) is 19.0. The highest BCUT2D eigenvalue weighted by atomic mass is 31.2. The van der Waals surface area contributed by atoms with Gasteiger partial charge in [-0.3, -0.25) is 0 Å². The van der Waals surface area contributed by atoms with E-state index in [1.54, 1.807) is 4.90 Å². The first-order valence-corrected chi connectivity index (χ1v) is 10.8. The van der Waals surface area contributed by atoms with Gasteiger partial charge in [0.1, 0.15) is 37.4 Å². The van der Waals surface area contributed by atoms with E-state index in [0.717, 1.165) is 5.56 Å². The van der Waals surface area contributed by atoms with Crippen molar-refractivity contribution in [2.45, 2.75) is 31.1 Å². The van der Waals surface area contributed by atoms with Gasteiger partial charge in [-0.05, 0) is 5.56 Å². The largest absolute Gasteiger partial charge is 0.488 e. The summed E-state index contributed by atoms with van der Waals surface area (Å²) >= 11 is 0. The van der Waals surface area contributed by atoms with Crippen LogP contribution in [0.1, 0.15) is 5.56 Å². The zero-order chi connectivity index (χ0) is 20.0. The Balaban J connectivity index is 1.34. The molecule has 0 saturated carbocycles. The predicted octanol–water partition coefficient (Wildman–Crippen LogP) is 0.585. The second-order valence-corrected chi connectivity index (χ2v) is 8.54. The Morgan fingerprint density at radius 3 is 2.97 bits per heavy atom. The summed E-state index contributed by atoms with van der Waals surface area (Å²) in [6.45, 7) is 0.741. The highest BCUT2D eigenvalue weighted by Crippen LogP contribution is 2.58. The highest BCUT2D eigenvalue weighted by Gasteiger charge is 2.58. The summed E-state index contributed by atoms with van der Waals surface area (Å²) in [6, 6.07) is 9.76. The molecule has 0 aliphatic carbocycles. The summed E-state index contributed by atoms with van der Waals surface area (Å²) in [5, 5.41) is 13.9. The van der Waals surface area contributed by atoms with Gasteiger partial charge in [0.2, 0.25) is 5.88 Å². The Morgan fingerprint density at radius 2 is 2.14 bits per heavy atom. The number of ether oxygens (including phenoxy) is 2. The van der Waals surface area contributed by atoms with Gasteiger partial charge in [-0.1, -0.05) is 30.3 Å². The molecule has 5 atom stereocenters. The molecule has 5 rings (SSSR count). The van der Waals surface area contributed by atoms with Gasteiger partial charge >= 0.3 is 15.4 Å². The molecule has 2 radical (unpaired) electrons. The van der Waals surface area contributed by atoms with Crippen LogP contribution in [0, 0.1) is 0 Å². The number of benzene rings is 1. The lowest BCUT2D eigenvalue weighted by molar-refractivity contribution is -0.0440. The van der Waals surface area contributed by atoms with Crippen LogP contribution in [-0.4, -0.2) is 65.3 Å². The molecule has 10 nitrogen and oxygen atoms in total. The van der Waals surface area contributed by atoms with Crippen LogP contribution in [0.25, 0.3) is 0 Å². The first-order chi connectivity index (χ1) is 14.0. The van der Waals surface area contributed by atoms with Gasteiger partial charge in [0.15, 0.2) is 18.1 Å². The minimum Gasteiger partial charge on any atom is -0.471 e. The molecular formula is C17H19BN4O6P+. The Hall–Kier alpha value is -2.01. The van der Waals surface area contributed by atoms with E-state index in [2.05, 4.69) is 15.3 Å². The maximum absolute atomic E-state index is 10.7. The number of nitrogens with one attached hydrogen (secondary N) is 1. The molecule has 3 aliphatic heterocycles. The number of nitrogens with zero attached hydrogens (tertiary/aromatic N) is 3.